The monoisotopic (exact) mass is 209 g/mol. The van der Waals surface area contributed by atoms with Crippen LogP contribution in [0.3, 0.4) is 0 Å². The van der Waals surface area contributed by atoms with Crippen molar-refractivity contribution in [2.45, 2.75) is 12.5 Å². The van der Waals surface area contributed by atoms with Gasteiger partial charge in [0.15, 0.2) is 0 Å². The van der Waals surface area contributed by atoms with Crippen molar-refractivity contribution in [2.24, 2.45) is 5.73 Å². The average Bonchev–Trinajstić information content (AvgIpc) is 2.28. The first kappa shape index (κ1) is 11.5. The summed E-state index contributed by atoms with van der Waals surface area (Å²) in [5.74, 6) is 1.34. The summed E-state index contributed by atoms with van der Waals surface area (Å²) in [6.07, 6.45) is 1.09. The highest BCUT2D eigenvalue weighted by atomic mass is 16.5. The van der Waals surface area contributed by atoms with Gasteiger partial charge in [0.05, 0.1) is 14.2 Å². The zero-order valence-corrected chi connectivity index (χ0v) is 8.90. The zero-order chi connectivity index (χ0) is 11.3. The first-order valence-corrected chi connectivity index (χ1v) is 4.63. The number of carbonyl (C=O) groups excluding carboxylic acids is 1. The molecule has 1 aromatic rings. The van der Waals surface area contributed by atoms with Crippen LogP contribution < -0.4 is 15.2 Å². The fourth-order valence-corrected chi connectivity index (χ4v) is 1.28. The minimum atomic E-state index is -0.313. The predicted molar refractivity (Wildman–Crippen MR) is 57.2 cm³/mol. The highest BCUT2D eigenvalue weighted by Crippen LogP contribution is 2.26. The Morgan fingerprint density at radius 1 is 1.27 bits per heavy atom. The summed E-state index contributed by atoms with van der Waals surface area (Å²) in [5, 5.41) is 0. The molecular weight excluding hydrogens is 194 g/mol. The standard InChI is InChI=1S/C11H15NO3/c1-14-9-5-8(11(12)3-4-13)6-10(7-9)15-2/h4-7,11H,3,12H2,1-2H3. The second-order valence-corrected chi connectivity index (χ2v) is 3.15. The maximum Gasteiger partial charge on any atom is 0.122 e. The van der Waals surface area contributed by atoms with Crippen molar-refractivity contribution in [1.29, 1.82) is 0 Å². The molecule has 0 amide bonds. The van der Waals surface area contributed by atoms with Crippen LogP contribution in [0.1, 0.15) is 18.0 Å². The molecule has 1 aromatic carbocycles. The molecule has 15 heavy (non-hydrogen) atoms. The van der Waals surface area contributed by atoms with Crippen molar-refractivity contribution in [1.82, 2.24) is 0 Å². The summed E-state index contributed by atoms with van der Waals surface area (Å²) in [6, 6.07) is 5.05. The average molecular weight is 209 g/mol. The van der Waals surface area contributed by atoms with Crippen LogP contribution in [-0.2, 0) is 4.79 Å². The minimum Gasteiger partial charge on any atom is -0.497 e. The summed E-state index contributed by atoms with van der Waals surface area (Å²) in [7, 11) is 3.15. The van der Waals surface area contributed by atoms with Crippen LogP contribution in [0.2, 0.25) is 0 Å². The second kappa shape index (κ2) is 5.36. The van der Waals surface area contributed by atoms with Crippen molar-refractivity contribution in [3.05, 3.63) is 23.8 Å². The summed E-state index contributed by atoms with van der Waals surface area (Å²) < 4.78 is 10.2. The Hall–Kier alpha value is -1.55. The van der Waals surface area contributed by atoms with E-state index in [0.717, 1.165) is 11.8 Å². The third kappa shape index (κ3) is 2.95. The lowest BCUT2D eigenvalue weighted by Gasteiger charge is -2.12. The van der Waals surface area contributed by atoms with E-state index >= 15 is 0 Å². The van der Waals surface area contributed by atoms with Gasteiger partial charge in [-0.1, -0.05) is 0 Å². The van der Waals surface area contributed by atoms with E-state index in [2.05, 4.69) is 0 Å². The summed E-state index contributed by atoms with van der Waals surface area (Å²) >= 11 is 0. The molecule has 0 bridgehead atoms. The van der Waals surface area contributed by atoms with Crippen molar-refractivity contribution in [3.8, 4) is 11.5 Å². The van der Waals surface area contributed by atoms with Gasteiger partial charge in [-0.25, -0.2) is 0 Å². The molecule has 1 rings (SSSR count). The fourth-order valence-electron chi connectivity index (χ4n) is 1.28. The van der Waals surface area contributed by atoms with Crippen molar-refractivity contribution in [2.75, 3.05) is 14.2 Å². The largest absolute Gasteiger partial charge is 0.497 e. The van der Waals surface area contributed by atoms with Gasteiger partial charge in [-0.2, -0.15) is 0 Å². The van der Waals surface area contributed by atoms with Crippen LogP contribution in [0.5, 0.6) is 11.5 Å². The molecule has 0 heterocycles. The quantitative estimate of drug-likeness (QED) is 0.742. The summed E-state index contributed by atoms with van der Waals surface area (Å²) in [4.78, 5) is 10.4. The van der Waals surface area contributed by atoms with Gasteiger partial charge in [-0.3, -0.25) is 0 Å². The summed E-state index contributed by atoms with van der Waals surface area (Å²) in [5.41, 5.74) is 6.64. The molecule has 0 spiro atoms. The number of methoxy groups -OCH3 is 2. The number of rotatable bonds is 5. The van der Waals surface area contributed by atoms with Gasteiger partial charge in [-0.15, -0.1) is 0 Å². The predicted octanol–water partition coefficient (Wildman–Crippen LogP) is 1.29. The van der Waals surface area contributed by atoms with E-state index < -0.39 is 0 Å². The van der Waals surface area contributed by atoms with Gasteiger partial charge in [0.25, 0.3) is 0 Å². The number of aldehydes is 1. The van der Waals surface area contributed by atoms with Crippen LogP contribution in [-0.4, -0.2) is 20.5 Å². The molecule has 82 valence electrons. The molecule has 2 N–H and O–H groups in total. The van der Waals surface area contributed by atoms with Gasteiger partial charge in [0, 0.05) is 18.5 Å². The molecule has 0 aliphatic heterocycles. The first-order chi connectivity index (χ1) is 7.21. The van der Waals surface area contributed by atoms with E-state index in [1.54, 1.807) is 32.4 Å². The molecule has 4 heteroatoms. The number of hydrogen-bond donors (Lipinski definition) is 1. The van der Waals surface area contributed by atoms with E-state index in [1.807, 2.05) is 0 Å². The number of carbonyl (C=O) groups is 1. The lowest BCUT2D eigenvalue weighted by molar-refractivity contribution is -0.108. The van der Waals surface area contributed by atoms with E-state index in [1.165, 1.54) is 0 Å². The molecule has 0 saturated carbocycles. The molecule has 4 nitrogen and oxygen atoms in total. The molecule has 0 saturated heterocycles. The van der Waals surface area contributed by atoms with Crippen molar-refractivity contribution >= 4 is 6.29 Å². The van der Waals surface area contributed by atoms with Gasteiger partial charge >= 0.3 is 0 Å². The zero-order valence-electron chi connectivity index (χ0n) is 8.90. The Bertz CT molecular complexity index is 316. The molecule has 0 aromatic heterocycles. The van der Waals surface area contributed by atoms with Crippen LogP contribution in [0.4, 0.5) is 0 Å². The van der Waals surface area contributed by atoms with Crippen LogP contribution in [0.25, 0.3) is 0 Å². The molecule has 1 unspecified atom stereocenters. The normalized spacial score (nSPS) is 11.9. The number of ether oxygens (including phenoxy) is 2. The molecule has 0 aliphatic rings. The summed E-state index contributed by atoms with van der Waals surface area (Å²) in [6.45, 7) is 0. The highest BCUT2D eigenvalue weighted by molar-refractivity contribution is 5.52. The number of nitrogens with two attached hydrogens (primary N) is 1. The third-order valence-electron chi connectivity index (χ3n) is 2.15. The Kier molecular flexibility index (Phi) is 4.12. The van der Waals surface area contributed by atoms with Crippen LogP contribution in [0.15, 0.2) is 18.2 Å². The fraction of sp³-hybridized carbons (Fsp3) is 0.364. The third-order valence-corrected chi connectivity index (χ3v) is 2.15. The van der Waals surface area contributed by atoms with Crippen LogP contribution >= 0.6 is 0 Å². The Balaban J connectivity index is 3.00. The molecule has 0 fully saturated rings. The lowest BCUT2D eigenvalue weighted by Crippen LogP contribution is -2.10. The maximum atomic E-state index is 10.4. The van der Waals surface area contributed by atoms with Crippen molar-refractivity contribution in [3.63, 3.8) is 0 Å². The topological polar surface area (TPSA) is 61.6 Å². The van der Waals surface area contributed by atoms with Gasteiger partial charge in [-0.05, 0) is 17.7 Å². The van der Waals surface area contributed by atoms with Crippen LogP contribution in [0, 0.1) is 0 Å². The Labute approximate surface area is 89.0 Å². The van der Waals surface area contributed by atoms with Crippen molar-refractivity contribution < 1.29 is 14.3 Å². The molecular formula is C11H15NO3. The van der Waals surface area contributed by atoms with E-state index in [0.29, 0.717) is 11.5 Å². The Morgan fingerprint density at radius 3 is 2.20 bits per heavy atom. The Morgan fingerprint density at radius 2 is 1.80 bits per heavy atom. The molecule has 0 aliphatic carbocycles. The lowest BCUT2D eigenvalue weighted by atomic mass is 10.0. The SMILES string of the molecule is COc1cc(OC)cc(C(N)CC=O)c1. The van der Waals surface area contributed by atoms with Gasteiger partial charge in [0.1, 0.15) is 17.8 Å². The van der Waals surface area contributed by atoms with Gasteiger partial charge in [0.2, 0.25) is 0 Å². The number of benzene rings is 1. The maximum absolute atomic E-state index is 10.4. The van der Waals surface area contributed by atoms with E-state index in [-0.39, 0.29) is 12.5 Å². The van der Waals surface area contributed by atoms with E-state index in [9.17, 15) is 4.79 Å². The molecule has 1 atom stereocenters. The first-order valence-electron chi connectivity index (χ1n) is 4.63. The smallest absolute Gasteiger partial charge is 0.122 e. The van der Waals surface area contributed by atoms with Gasteiger partial charge < -0.3 is 20.0 Å². The minimum absolute atomic E-state index is 0.288. The highest BCUT2D eigenvalue weighted by Gasteiger charge is 2.08. The van der Waals surface area contributed by atoms with E-state index in [4.69, 9.17) is 15.2 Å². The number of hydrogen-bond acceptors (Lipinski definition) is 4. The second-order valence-electron chi connectivity index (χ2n) is 3.15. The molecule has 0 radical (unpaired) electrons.